The summed E-state index contributed by atoms with van der Waals surface area (Å²) in [6.07, 6.45) is 1.38. The first kappa shape index (κ1) is 14.0. The van der Waals surface area contributed by atoms with Crippen molar-refractivity contribution in [1.29, 1.82) is 0 Å². The number of aromatic nitrogens is 1. The highest BCUT2D eigenvalue weighted by atomic mass is 79.9. The van der Waals surface area contributed by atoms with Gasteiger partial charge in [-0.15, -0.1) is 0 Å². The van der Waals surface area contributed by atoms with Crippen molar-refractivity contribution in [3.05, 3.63) is 28.5 Å². The molecule has 102 valence electrons. The highest BCUT2D eigenvalue weighted by Gasteiger charge is 2.33. The van der Waals surface area contributed by atoms with Gasteiger partial charge in [-0.3, -0.25) is 4.98 Å². The Kier molecular flexibility index (Phi) is 3.89. The Labute approximate surface area is 120 Å². The molecule has 6 heteroatoms. The molecule has 1 unspecified atom stereocenters. The summed E-state index contributed by atoms with van der Waals surface area (Å²) in [5.41, 5.74) is 0.830. The van der Waals surface area contributed by atoms with Crippen LogP contribution in [0.2, 0.25) is 0 Å². The number of hydrogen-bond acceptors (Lipinski definition) is 5. The van der Waals surface area contributed by atoms with Gasteiger partial charge in [0, 0.05) is 17.1 Å². The number of nitrogens with zero attached hydrogens (tertiary/aromatic N) is 2. The van der Waals surface area contributed by atoms with Crippen molar-refractivity contribution in [2.45, 2.75) is 38.9 Å². The first-order valence-electron chi connectivity index (χ1n) is 5.92. The largest absolute Gasteiger partial charge is 0.457 e. The van der Waals surface area contributed by atoms with Crippen LogP contribution in [0.3, 0.4) is 0 Å². The molecule has 1 atom stereocenters. The van der Waals surface area contributed by atoms with E-state index in [1.165, 1.54) is 0 Å². The number of ether oxygens (including phenoxy) is 1. The molecule has 0 saturated carbocycles. The molecule has 0 aromatic carbocycles. The van der Waals surface area contributed by atoms with E-state index in [-0.39, 0.29) is 0 Å². The van der Waals surface area contributed by atoms with Crippen LogP contribution in [0, 0.1) is 0 Å². The fourth-order valence-electron chi connectivity index (χ4n) is 1.57. The van der Waals surface area contributed by atoms with Gasteiger partial charge in [0.1, 0.15) is 11.3 Å². The number of hydrogen-bond donors (Lipinski definition) is 0. The molecular weight excluding hydrogens is 312 g/mol. The van der Waals surface area contributed by atoms with Crippen molar-refractivity contribution in [3.8, 4) is 0 Å². The molecule has 5 nitrogen and oxygen atoms in total. The molecule has 0 bridgehead atoms. The third kappa shape index (κ3) is 3.76. The van der Waals surface area contributed by atoms with Crippen LogP contribution in [0.15, 0.2) is 28.0 Å². The Morgan fingerprint density at radius 3 is 2.79 bits per heavy atom. The number of oxime groups is 1. The predicted octanol–water partition coefficient (Wildman–Crippen LogP) is 2.68. The van der Waals surface area contributed by atoms with Crippen LogP contribution in [0.25, 0.3) is 0 Å². The lowest BCUT2D eigenvalue weighted by Gasteiger charge is -2.20. The topological polar surface area (TPSA) is 60.8 Å². The highest BCUT2D eigenvalue weighted by molar-refractivity contribution is 9.10. The van der Waals surface area contributed by atoms with Crippen LogP contribution in [-0.2, 0) is 14.4 Å². The monoisotopic (exact) mass is 326 g/mol. The van der Waals surface area contributed by atoms with E-state index < -0.39 is 17.7 Å². The smallest absolute Gasteiger partial charge is 0.351 e. The van der Waals surface area contributed by atoms with Gasteiger partial charge < -0.3 is 9.57 Å². The highest BCUT2D eigenvalue weighted by Crippen LogP contribution is 2.20. The molecule has 0 fully saturated rings. The molecule has 0 spiro atoms. The summed E-state index contributed by atoms with van der Waals surface area (Å²) >= 11 is 3.31. The predicted molar refractivity (Wildman–Crippen MR) is 73.8 cm³/mol. The van der Waals surface area contributed by atoms with Crippen molar-refractivity contribution >= 4 is 27.6 Å². The summed E-state index contributed by atoms with van der Waals surface area (Å²) < 4.78 is 6.15. The van der Waals surface area contributed by atoms with Crippen molar-refractivity contribution in [3.63, 3.8) is 0 Å². The third-order valence-corrected chi connectivity index (χ3v) is 2.83. The molecule has 1 aliphatic rings. The van der Waals surface area contributed by atoms with E-state index in [9.17, 15) is 4.79 Å². The van der Waals surface area contributed by atoms with E-state index in [4.69, 9.17) is 9.57 Å². The second-order valence-electron chi connectivity index (χ2n) is 5.23. The SMILES string of the molecule is CC(C)(C)OC(=O)C1CC(c2ccc(Br)cn2)=NO1. The van der Waals surface area contributed by atoms with Gasteiger partial charge in [-0.25, -0.2) is 4.79 Å². The fraction of sp³-hybridized carbons (Fsp3) is 0.462. The van der Waals surface area contributed by atoms with Crippen molar-refractivity contribution in [1.82, 2.24) is 4.98 Å². The van der Waals surface area contributed by atoms with Crippen molar-refractivity contribution < 1.29 is 14.4 Å². The molecule has 0 saturated heterocycles. The van der Waals surface area contributed by atoms with Crippen LogP contribution in [0.5, 0.6) is 0 Å². The Morgan fingerprint density at radius 1 is 1.47 bits per heavy atom. The third-order valence-electron chi connectivity index (χ3n) is 2.36. The van der Waals surface area contributed by atoms with Crippen molar-refractivity contribution in [2.24, 2.45) is 5.16 Å². The number of esters is 1. The zero-order valence-corrected chi connectivity index (χ0v) is 12.6. The molecule has 1 aliphatic heterocycles. The Morgan fingerprint density at radius 2 is 2.21 bits per heavy atom. The number of halogens is 1. The van der Waals surface area contributed by atoms with Crippen LogP contribution >= 0.6 is 15.9 Å². The summed E-state index contributed by atoms with van der Waals surface area (Å²) in [7, 11) is 0. The molecule has 0 radical (unpaired) electrons. The second kappa shape index (κ2) is 5.28. The van der Waals surface area contributed by atoms with E-state index in [1.807, 2.05) is 32.9 Å². The maximum atomic E-state index is 11.8. The summed E-state index contributed by atoms with van der Waals surface area (Å²) in [4.78, 5) is 21.2. The quantitative estimate of drug-likeness (QED) is 0.784. The Bertz CT molecular complexity index is 506. The minimum absolute atomic E-state index is 0.379. The lowest BCUT2D eigenvalue weighted by Crippen LogP contribution is -2.32. The molecule has 0 aliphatic carbocycles. The molecule has 1 aromatic rings. The van der Waals surface area contributed by atoms with E-state index in [0.29, 0.717) is 17.8 Å². The maximum absolute atomic E-state index is 11.8. The summed E-state index contributed by atoms with van der Waals surface area (Å²) in [5, 5.41) is 3.91. The zero-order valence-electron chi connectivity index (χ0n) is 11.0. The maximum Gasteiger partial charge on any atom is 0.351 e. The average molecular weight is 327 g/mol. The van der Waals surface area contributed by atoms with Crippen LogP contribution < -0.4 is 0 Å². The van der Waals surface area contributed by atoms with Gasteiger partial charge in [0.05, 0.1) is 5.69 Å². The van der Waals surface area contributed by atoms with Crippen molar-refractivity contribution in [2.75, 3.05) is 0 Å². The van der Waals surface area contributed by atoms with Gasteiger partial charge in [0.2, 0.25) is 6.10 Å². The van der Waals surface area contributed by atoms with Crippen LogP contribution in [-0.4, -0.2) is 28.4 Å². The van der Waals surface area contributed by atoms with E-state index >= 15 is 0 Å². The Balaban J connectivity index is 1.99. The van der Waals surface area contributed by atoms with E-state index in [2.05, 4.69) is 26.1 Å². The number of carbonyl (C=O) groups excluding carboxylic acids is 1. The second-order valence-corrected chi connectivity index (χ2v) is 6.15. The zero-order chi connectivity index (χ0) is 14.0. The normalized spacial score (nSPS) is 18.7. The fourth-order valence-corrected chi connectivity index (χ4v) is 1.80. The average Bonchev–Trinajstić information content (AvgIpc) is 2.77. The molecule has 0 N–H and O–H groups in total. The summed E-state index contributed by atoms with van der Waals surface area (Å²) in [6, 6.07) is 3.69. The van der Waals surface area contributed by atoms with Gasteiger partial charge in [0.15, 0.2) is 0 Å². The summed E-state index contributed by atoms with van der Waals surface area (Å²) in [5.74, 6) is -0.400. The minimum Gasteiger partial charge on any atom is -0.457 e. The van der Waals surface area contributed by atoms with E-state index in [0.717, 1.165) is 4.47 Å². The molecule has 0 amide bonds. The lowest BCUT2D eigenvalue weighted by molar-refractivity contribution is -0.166. The molecule has 2 rings (SSSR count). The molecular formula is C13H15BrN2O3. The number of rotatable bonds is 2. The van der Waals surface area contributed by atoms with Crippen LogP contribution in [0.1, 0.15) is 32.9 Å². The van der Waals surface area contributed by atoms with Gasteiger partial charge in [-0.05, 0) is 48.8 Å². The molecule has 1 aromatic heterocycles. The molecule has 19 heavy (non-hydrogen) atoms. The first-order chi connectivity index (χ1) is 8.85. The summed E-state index contributed by atoms with van der Waals surface area (Å²) in [6.45, 7) is 5.45. The minimum atomic E-state index is -0.681. The number of pyridine rings is 1. The van der Waals surface area contributed by atoms with Gasteiger partial charge in [0.25, 0.3) is 0 Å². The van der Waals surface area contributed by atoms with Gasteiger partial charge in [-0.2, -0.15) is 0 Å². The van der Waals surface area contributed by atoms with E-state index in [1.54, 1.807) is 6.20 Å². The Hall–Kier alpha value is -1.43. The lowest BCUT2D eigenvalue weighted by atomic mass is 10.1. The van der Waals surface area contributed by atoms with Gasteiger partial charge >= 0.3 is 5.97 Å². The van der Waals surface area contributed by atoms with Gasteiger partial charge in [-0.1, -0.05) is 5.16 Å². The first-order valence-corrected chi connectivity index (χ1v) is 6.72. The standard InChI is InChI=1S/C13H15BrN2O3/c1-13(2,3)18-12(17)11-6-10(16-19-11)9-5-4-8(14)7-15-9/h4-5,7,11H,6H2,1-3H3. The van der Waals surface area contributed by atoms with Crippen LogP contribution in [0.4, 0.5) is 0 Å². The number of carbonyl (C=O) groups is 1. The molecule has 2 heterocycles.